The van der Waals surface area contributed by atoms with Crippen LogP contribution in [-0.4, -0.2) is 70.6 Å². The summed E-state index contributed by atoms with van der Waals surface area (Å²) < 4.78 is 0. The molecule has 2 saturated heterocycles. The lowest BCUT2D eigenvalue weighted by Crippen LogP contribution is -2.31. The van der Waals surface area contributed by atoms with Gasteiger partial charge in [0.05, 0.1) is 0 Å². The fraction of sp³-hybridized carbons (Fsp3) is 0.778. The number of amides is 6. The lowest BCUT2D eigenvalue weighted by atomic mass is 10.1. The molecule has 6 amide bonds. The summed E-state index contributed by atoms with van der Waals surface area (Å²) in [6.45, 7) is 1.30. The van der Waals surface area contributed by atoms with E-state index in [0.717, 1.165) is 103 Å². The molecule has 2 fully saturated rings. The highest BCUT2D eigenvalue weighted by Crippen LogP contribution is 2.16. The van der Waals surface area contributed by atoms with E-state index in [2.05, 4.69) is 10.6 Å². The zero-order valence-corrected chi connectivity index (χ0v) is 29.8. The Morgan fingerprint density at radius 2 is 0.660 bits per heavy atom. The molecule has 2 N–H and O–H groups in total. The van der Waals surface area contributed by atoms with Gasteiger partial charge in [0.2, 0.25) is 11.8 Å². The number of imide groups is 2. The fourth-order valence-electron chi connectivity index (χ4n) is 5.72. The number of carbonyl (C=O) groups excluding carboxylic acids is 8. The van der Waals surface area contributed by atoms with Gasteiger partial charge in [-0.15, -0.1) is 10.1 Å². The van der Waals surface area contributed by atoms with Crippen molar-refractivity contribution in [2.24, 2.45) is 0 Å². The van der Waals surface area contributed by atoms with Crippen LogP contribution in [0.5, 0.6) is 0 Å². The fourth-order valence-corrected chi connectivity index (χ4v) is 5.72. The minimum Gasteiger partial charge on any atom is -0.356 e. The number of unbranched alkanes of at least 4 members (excludes halogenated alkanes) is 15. The van der Waals surface area contributed by atoms with Crippen molar-refractivity contribution in [3.05, 3.63) is 0 Å². The van der Waals surface area contributed by atoms with Crippen LogP contribution in [0.25, 0.3) is 0 Å². The van der Waals surface area contributed by atoms with Crippen molar-refractivity contribution in [2.75, 3.05) is 13.1 Å². The number of nitrogens with one attached hydrogen (secondary N) is 2. The molecule has 0 aromatic carbocycles. The maximum atomic E-state index is 12.0. The summed E-state index contributed by atoms with van der Waals surface area (Å²) in [5.41, 5.74) is 0. The molecule has 14 heteroatoms. The van der Waals surface area contributed by atoms with Gasteiger partial charge in [-0.2, -0.15) is 0 Å². The molecular formula is C36H58N4O10. The molecule has 2 heterocycles. The van der Waals surface area contributed by atoms with Gasteiger partial charge in [0.25, 0.3) is 23.6 Å². The molecule has 50 heavy (non-hydrogen) atoms. The topological polar surface area (TPSA) is 186 Å². The first-order valence-corrected chi connectivity index (χ1v) is 18.8. The number of nitrogens with zero attached hydrogens (tertiary/aromatic N) is 2. The minimum absolute atomic E-state index is 0.0878. The third-order valence-electron chi connectivity index (χ3n) is 8.72. The molecule has 0 saturated carbocycles. The molecule has 0 unspecified atom stereocenters. The summed E-state index contributed by atoms with van der Waals surface area (Å²) >= 11 is 0. The van der Waals surface area contributed by atoms with Crippen LogP contribution in [0.1, 0.15) is 167 Å². The van der Waals surface area contributed by atoms with E-state index in [9.17, 15) is 38.4 Å². The maximum absolute atomic E-state index is 12.0. The molecule has 0 aromatic heterocycles. The van der Waals surface area contributed by atoms with Crippen LogP contribution in [0.2, 0.25) is 0 Å². The zero-order chi connectivity index (χ0) is 36.4. The van der Waals surface area contributed by atoms with E-state index in [1.807, 2.05) is 0 Å². The van der Waals surface area contributed by atoms with Crippen LogP contribution in [0.3, 0.4) is 0 Å². The molecular weight excluding hydrogens is 648 g/mol. The van der Waals surface area contributed by atoms with Gasteiger partial charge in [-0.1, -0.05) is 77.0 Å². The van der Waals surface area contributed by atoms with Gasteiger partial charge < -0.3 is 20.3 Å². The molecule has 0 aromatic rings. The average molecular weight is 707 g/mol. The van der Waals surface area contributed by atoms with Gasteiger partial charge in [-0.3, -0.25) is 28.8 Å². The summed E-state index contributed by atoms with van der Waals surface area (Å²) in [5, 5.41) is 7.10. The number of hydrogen-bond acceptors (Lipinski definition) is 10. The van der Waals surface area contributed by atoms with Crippen LogP contribution >= 0.6 is 0 Å². The molecule has 2 rings (SSSR count). The van der Waals surface area contributed by atoms with Crippen molar-refractivity contribution >= 4 is 47.4 Å². The Hall–Kier alpha value is -3.84. The molecule has 0 radical (unpaired) electrons. The van der Waals surface area contributed by atoms with Crippen molar-refractivity contribution < 1.29 is 48.0 Å². The van der Waals surface area contributed by atoms with E-state index in [0.29, 0.717) is 48.9 Å². The van der Waals surface area contributed by atoms with Gasteiger partial charge >= 0.3 is 11.9 Å². The Balaban J connectivity index is 1.25. The van der Waals surface area contributed by atoms with Crippen LogP contribution in [0.15, 0.2) is 0 Å². The number of carbonyl (C=O) groups is 8. The predicted octanol–water partition coefficient (Wildman–Crippen LogP) is 5.02. The first kappa shape index (κ1) is 42.3. The van der Waals surface area contributed by atoms with Crippen molar-refractivity contribution in [3.8, 4) is 0 Å². The number of rotatable bonds is 29. The summed E-state index contributed by atoms with van der Waals surface area (Å²) in [6.07, 6.45) is 18.6. The minimum atomic E-state index is -0.562. The average Bonchev–Trinajstić information content (AvgIpc) is 3.58. The second kappa shape index (κ2) is 26.0. The predicted molar refractivity (Wildman–Crippen MR) is 182 cm³/mol. The first-order valence-electron chi connectivity index (χ1n) is 18.8. The van der Waals surface area contributed by atoms with E-state index < -0.39 is 35.6 Å². The highest BCUT2D eigenvalue weighted by atomic mass is 16.7. The van der Waals surface area contributed by atoms with E-state index in [4.69, 9.17) is 9.68 Å². The lowest BCUT2D eigenvalue weighted by molar-refractivity contribution is -0.197. The molecule has 0 atom stereocenters. The summed E-state index contributed by atoms with van der Waals surface area (Å²) in [4.78, 5) is 103. The van der Waals surface area contributed by atoms with Gasteiger partial charge in [0.1, 0.15) is 0 Å². The normalized spacial score (nSPS) is 14.4. The molecule has 0 aliphatic carbocycles. The van der Waals surface area contributed by atoms with Crippen LogP contribution < -0.4 is 10.6 Å². The van der Waals surface area contributed by atoms with Crippen LogP contribution in [0.4, 0.5) is 0 Å². The summed E-state index contributed by atoms with van der Waals surface area (Å²) in [6, 6.07) is 0. The van der Waals surface area contributed by atoms with E-state index in [-0.39, 0.29) is 50.3 Å². The van der Waals surface area contributed by atoms with Gasteiger partial charge in [-0.05, 0) is 38.5 Å². The van der Waals surface area contributed by atoms with Crippen molar-refractivity contribution in [1.82, 2.24) is 20.8 Å². The Bertz CT molecular complexity index is 1010. The standard InChI is InChI=1S/C36H58N4O10/c41-29(37-27-17-11-5-9-15-21-35(47)49-39-31(43)23-24-32(39)44)19-13-7-3-1-2-4-8-14-20-30(42)38-28-18-12-6-10-16-22-36(48)50-40-33(45)25-26-34(40)46/h1-28H2,(H,37,41)(H,38,42). The van der Waals surface area contributed by atoms with Crippen molar-refractivity contribution in [1.29, 1.82) is 0 Å². The number of hydrogen-bond donors (Lipinski definition) is 2. The molecule has 2 aliphatic heterocycles. The third-order valence-corrected chi connectivity index (χ3v) is 8.72. The third kappa shape index (κ3) is 19.4. The SMILES string of the molecule is O=C(CCCCCCCCCCC(=O)NCCCCCCCC(=O)ON1C(=O)CCC1=O)NCCCCCCCC(=O)ON1C(=O)CCC1=O. The summed E-state index contributed by atoms with van der Waals surface area (Å²) in [7, 11) is 0. The number of hydroxylamine groups is 4. The van der Waals surface area contributed by atoms with Crippen molar-refractivity contribution in [2.45, 2.75) is 167 Å². The summed E-state index contributed by atoms with van der Waals surface area (Å²) in [5.74, 6) is -2.82. The van der Waals surface area contributed by atoms with Crippen LogP contribution in [-0.2, 0) is 48.0 Å². The van der Waals surface area contributed by atoms with E-state index in [1.54, 1.807) is 0 Å². The van der Waals surface area contributed by atoms with E-state index >= 15 is 0 Å². The van der Waals surface area contributed by atoms with Crippen molar-refractivity contribution in [3.63, 3.8) is 0 Å². The Morgan fingerprint density at radius 3 is 0.980 bits per heavy atom. The second-order valence-electron chi connectivity index (χ2n) is 13.2. The second-order valence-corrected chi connectivity index (χ2v) is 13.2. The molecule has 14 nitrogen and oxygen atoms in total. The smallest absolute Gasteiger partial charge is 0.333 e. The molecule has 2 aliphatic rings. The van der Waals surface area contributed by atoms with Gasteiger partial charge in [0, 0.05) is 64.5 Å². The molecule has 282 valence electrons. The van der Waals surface area contributed by atoms with Gasteiger partial charge in [-0.25, -0.2) is 9.59 Å². The Labute approximate surface area is 296 Å². The molecule has 0 bridgehead atoms. The van der Waals surface area contributed by atoms with Crippen LogP contribution in [0, 0.1) is 0 Å². The highest BCUT2D eigenvalue weighted by Gasteiger charge is 2.33. The molecule has 0 spiro atoms. The lowest BCUT2D eigenvalue weighted by Gasteiger charge is -2.12. The zero-order valence-electron chi connectivity index (χ0n) is 29.8. The highest BCUT2D eigenvalue weighted by molar-refractivity contribution is 6.02. The Kier molecular flexibility index (Phi) is 22.0. The maximum Gasteiger partial charge on any atom is 0.333 e. The monoisotopic (exact) mass is 706 g/mol. The van der Waals surface area contributed by atoms with Gasteiger partial charge in [0.15, 0.2) is 0 Å². The first-order chi connectivity index (χ1) is 24.2. The largest absolute Gasteiger partial charge is 0.356 e. The van der Waals surface area contributed by atoms with E-state index in [1.165, 1.54) is 0 Å². The quantitative estimate of drug-likeness (QED) is 0.0791. The Morgan fingerprint density at radius 1 is 0.400 bits per heavy atom.